The Bertz CT molecular complexity index is 831. The predicted octanol–water partition coefficient (Wildman–Crippen LogP) is 1.35. The fourth-order valence-electron chi connectivity index (χ4n) is 3.09. The first-order valence-corrected chi connectivity index (χ1v) is 8.72. The maximum atomic E-state index is 12.2. The molecule has 0 saturated carbocycles. The van der Waals surface area contributed by atoms with Crippen LogP contribution in [0.5, 0.6) is 0 Å². The van der Waals surface area contributed by atoms with E-state index in [1.165, 1.54) is 6.08 Å². The van der Waals surface area contributed by atoms with E-state index >= 15 is 0 Å². The van der Waals surface area contributed by atoms with Gasteiger partial charge in [-0.3, -0.25) is 14.6 Å². The zero-order valence-corrected chi connectivity index (χ0v) is 14.5. The van der Waals surface area contributed by atoms with E-state index in [9.17, 15) is 9.59 Å². The molecule has 1 aliphatic rings. The van der Waals surface area contributed by atoms with E-state index in [0.717, 1.165) is 30.5 Å². The highest BCUT2D eigenvalue weighted by atomic mass is 16.2. The van der Waals surface area contributed by atoms with Crippen LogP contribution in [0.2, 0.25) is 0 Å². The van der Waals surface area contributed by atoms with Gasteiger partial charge in [0, 0.05) is 55.9 Å². The molecule has 3 heterocycles. The van der Waals surface area contributed by atoms with Gasteiger partial charge in [0.25, 0.3) is 5.56 Å². The van der Waals surface area contributed by atoms with Crippen molar-refractivity contribution in [3.05, 3.63) is 59.3 Å². The molecule has 1 atom stereocenters. The summed E-state index contributed by atoms with van der Waals surface area (Å²) in [6.45, 7) is 1.63. The molecule has 1 saturated heterocycles. The van der Waals surface area contributed by atoms with Crippen LogP contribution in [0.4, 0.5) is 5.69 Å². The Morgan fingerprint density at radius 1 is 1.38 bits per heavy atom. The fourth-order valence-corrected chi connectivity index (χ4v) is 3.09. The van der Waals surface area contributed by atoms with Crippen molar-refractivity contribution in [1.82, 2.24) is 14.9 Å². The van der Waals surface area contributed by atoms with E-state index in [1.807, 2.05) is 18.2 Å². The van der Waals surface area contributed by atoms with Crippen LogP contribution in [-0.4, -0.2) is 46.5 Å². The van der Waals surface area contributed by atoms with Crippen molar-refractivity contribution in [2.75, 3.05) is 25.0 Å². The highest BCUT2D eigenvalue weighted by Crippen LogP contribution is 2.20. The first-order chi connectivity index (χ1) is 12.7. The fraction of sp³-hybridized carbons (Fsp3) is 0.316. The molecule has 7 nitrogen and oxygen atoms in total. The number of nitrogens with zero attached hydrogens (tertiary/aromatic N) is 2. The number of piperidine rings is 1. The van der Waals surface area contributed by atoms with Crippen LogP contribution < -0.4 is 16.6 Å². The number of pyridine rings is 2. The number of H-pyrrole nitrogens is 1. The van der Waals surface area contributed by atoms with Crippen molar-refractivity contribution in [3.63, 3.8) is 0 Å². The summed E-state index contributed by atoms with van der Waals surface area (Å²) in [5.41, 5.74) is 7.63. The molecule has 7 heteroatoms. The van der Waals surface area contributed by atoms with Crippen LogP contribution in [0, 0.1) is 0 Å². The van der Waals surface area contributed by atoms with Gasteiger partial charge in [-0.25, -0.2) is 0 Å². The van der Waals surface area contributed by atoms with Gasteiger partial charge in [-0.2, -0.15) is 0 Å². The average Bonchev–Trinajstić information content (AvgIpc) is 2.68. The second-order valence-corrected chi connectivity index (χ2v) is 6.27. The number of aromatic nitrogens is 2. The molecule has 4 N–H and O–H groups in total. The summed E-state index contributed by atoms with van der Waals surface area (Å²) < 4.78 is 0. The molecule has 26 heavy (non-hydrogen) atoms. The molecule has 0 radical (unpaired) electrons. The summed E-state index contributed by atoms with van der Waals surface area (Å²) in [6, 6.07) is 5.65. The third kappa shape index (κ3) is 4.37. The first-order valence-electron chi connectivity index (χ1n) is 8.72. The van der Waals surface area contributed by atoms with Crippen LogP contribution in [0.25, 0.3) is 11.1 Å². The summed E-state index contributed by atoms with van der Waals surface area (Å²) in [7, 11) is 0. The largest absolute Gasteiger partial charge is 0.376 e. The molecule has 0 aromatic carbocycles. The van der Waals surface area contributed by atoms with Gasteiger partial charge < -0.3 is 20.9 Å². The molecule has 2 aromatic rings. The minimum absolute atomic E-state index is 0.0350. The normalized spacial score (nSPS) is 17.4. The van der Waals surface area contributed by atoms with Gasteiger partial charge in [0.15, 0.2) is 0 Å². The van der Waals surface area contributed by atoms with Crippen LogP contribution in [0.3, 0.4) is 0 Å². The maximum Gasteiger partial charge on any atom is 0.271 e. The molecular weight excluding hydrogens is 330 g/mol. The van der Waals surface area contributed by atoms with E-state index in [2.05, 4.69) is 15.3 Å². The summed E-state index contributed by atoms with van der Waals surface area (Å²) in [5.74, 6) is -0.0404. The predicted molar refractivity (Wildman–Crippen MR) is 102 cm³/mol. The third-order valence-electron chi connectivity index (χ3n) is 4.41. The van der Waals surface area contributed by atoms with E-state index in [1.54, 1.807) is 29.6 Å². The highest BCUT2D eigenvalue weighted by molar-refractivity contribution is 5.87. The van der Waals surface area contributed by atoms with Gasteiger partial charge in [0.1, 0.15) is 5.69 Å². The average molecular weight is 353 g/mol. The summed E-state index contributed by atoms with van der Waals surface area (Å²) in [5, 5.41) is 3.30. The number of hydrogen-bond acceptors (Lipinski definition) is 5. The van der Waals surface area contributed by atoms with Crippen molar-refractivity contribution in [1.29, 1.82) is 0 Å². The Balaban J connectivity index is 1.73. The number of amides is 1. The smallest absolute Gasteiger partial charge is 0.271 e. The van der Waals surface area contributed by atoms with Crippen LogP contribution >= 0.6 is 0 Å². The minimum Gasteiger partial charge on any atom is -0.376 e. The van der Waals surface area contributed by atoms with E-state index in [0.29, 0.717) is 18.8 Å². The zero-order chi connectivity index (χ0) is 18.4. The number of aromatic amines is 1. The Morgan fingerprint density at radius 3 is 2.96 bits per heavy atom. The van der Waals surface area contributed by atoms with Crippen LogP contribution in [-0.2, 0) is 4.79 Å². The van der Waals surface area contributed by atoms with Crippen molar-refractivity contribution < 1.29 is 4.79 Å². The molecule has 3 rings (SSSR count). The van der Waals surface area contributed by atoms with Crippen molar-refractivity contribution >= 4 is 11.6 Å². The lowest BCUT2D eigenvalue weighted by Crippen LogP contribution is -2.45. The second kappa shape index (κ2) is 8.44. The van der Waals surface area contributed by atoms with Crippen molar-refractivity contribution in [2.45, 2.75) is 18.9 Å². The zero-order valence-electron chi connectivity index (χ0n) is 14.5. The van der Waals surface area contributed by atoms with E-state index < -0.39 is 0 Å². The van der Waals surface area contributed by atoms with E-state index in [4.69, 9.17) is 5.73 Å². The van der Waals surface area contributed by atoms with Crippen molar-refractivity contribution in [2.24, 2.45) is 5.73 Å². The number of likely N-dealkylation sites (tertiary alicyclic amines) is 1. The molecule has 136 valence electrons. The number of anilines is 1. The third-order valence-corrected chi connectivity index (χ3v) is 4.41. The molecule has 0 aliphatic carbocycles. The SMILES string of the molecule is NC/C=C/C(=O)N1CCCC(Nc2cc(-c3ccncc3)c[nH]c2=O)C1. The van der Waals surface area contributed by atoms with Crippen LogP contribution in [0.1, 0.15) is 12.8 Å². The maximum absolute atomic E-state index is 12.2. The number of hydrogen-bond donors (Lipinski definition) is 3. The second-order valence-electron chi connectivity index (χ2n) is 6.27. The molecule has 1 aliphatic heterocycles. The molecule has 0 spiro atoms. The number of nitrogens with one attached hydrogen (secondary N) is 2. The lowest BCUT2D eigenvalue weighted by molar-refractivity contribution is -0.127. The van der Waals surface area contributed by atoms with Gasteiger partial charge in [-0.1, -0.05) is 6.08 Å². The molecular formula is C19H23N5O2. The standard InChI is InChI=1S/C19H23N5O2/c20-7-1-4-18(25)24-10-2-3-16(13-24)23-17-11-15(12-22-19(17)26)14-5-8-21-9-6-14/h1,4-6,8-9,11-12,16,23H,2-3,7,10,13,20H2,(H,22,26)/b4-1+. The molecule has 1 unspecified atom stereocenters. The summed E-state index contributed by atoms with van der Waals surface area (Å²) >= 11 is 0. The molecule has 1 amide bonds. The Labute approximate surface area is 151 Å². The lowest BCUT2D eigenvalue weighted by atomic mass is 10.0. The Morgan fingerprint density at radius 2 is 2.19 bits per heavy atom. The quantitative estimate of drug-likeness (QED) is 0.704. The molecule has 0 bridgehead atoms. The minimum atomic E-state index is -0.172. The van der Waals surface area contributed by atoms with Gasteiger partial charge >= 0.3 is 0 Å². The lowest BCUT2D eigenvalue weighted by Gasteiger charge is -2.33. The van der Waals surface area contributed by atoms with Gasteiger partial charge in [-0.15, -0.1) is 0 Å². The highest BCUT2D eigenvalue weighted by Gasteiger charge is 2.23. The monoisotopic (exact) mass is 353 g/mol. The first kappa shape index (κ1) is 17.9. The molecule has 1 fully saturated rings. The van der Waals surface area contributed by atoms with Crippen LogP contribution in [0.15, 0.2) is 53.7 Å². The topological polar surface area (TPSA) is 104 Å². The number of carbonyl (C=O) groups is 1. The van der Waals surface area contributed by atoms with Gasteiger partial charge in [-0.05, 0) is 36.6 Å². The molecule has 2 aromatic heterocycles. The summed E-state index contributed by atoms with van der Waals surface area (Å²) in [6.07, 6.45) is 10.1. The van der Waals surface area contributed by atoms with Gasteiger partial charge in [0.2, 0.25) is 5.91 Å². The van der Waals surface area contributed by atoms with E-state index in [-0.39, 0.29) is 17.5 Å². The van der Waals surface area contributed by atoms with Crippen molar-refractivity contribution in [3.8, 4) is 11.1 Å². The Kier molecular flexibility index (Phi) is 5.80. The number of nitrogens with two attached hydrogens (primary N) is 1. The Hall–Kier alpha value is -2.93. The number of rotatable bonds is 5. The summed E-state index contributed by atoms with van der Waals surface area (Å²) in [4.78, 5) is 32.9. The van der Waals surface area contributed by atoms with Gasteiger partial charge in [0.05, 0.1) is 0 Å². The number of carbonyl (C=O) groups excluding carboxylic acids is 1.